The molecule has 8 nitrogen and oxygen atoms in total. The van der Waals surface area contributed by atoms with Crippen LogP contribution in [0.3, 0.4) is 0 Å². The summed E-state index contributed by atoms with van der Waals surface area (Å²) in [6.45, 7) is 3.39. The van der Waals surface area contributed by atoms with Crippen molar-refractivity contribution in [3.05, 3.63) is 77.5 Å². The first-order valence-electron chi connectivity index (χ1n) is 9.82. The molecule has 0 amide bonds. The molecule has 2 aromatic carbocycles. The standard InChI is InChI=1S/C22H21ClN6O2.HI/c1-2-24-22(25-12-18-14-30-21(27-18)15-7-4-3-5-8-15)26-13-19-28-20(29-31-19)16-9-6-10-17(23)11-16;/h3-11,14H,2,12-13H2,1H3,(H2,24,25,26);1H. The molecule has 10 heteroatoms. The van der Waals surface area contributed by atoms with Gasteiger partial charge in [0.25, 0.3) is 0 Å². The van der Waals surface area contributed by atoms with E-state index in [2.05, 4.69) is 30.8 Å². The van der Waals surface area contributed by atoms with Gasteiger partial charge < -0.3 is 19.6 Å². The van der Waals surface area contributed by atoms with Crippen molar-refractivity contribution in [1.29, 1.82) is 0 Å². The number of aromatic nitrogens is 3. The molecule has 2 N–H and O–H groups in total. The van der Waals surface area contributed by atoms with Gasteiger partial charge >= 0.3 is 0 Å². The lowest BCUT2D eigenvalue weighted by Gasteiger charge is -2.08. The number of nitrogens with zero attached hydrogens (tertiary/aromatic N) is 4. The van der Waals surface area contributed by atoms with Gasteiger partial charge in [-0.1, -0.05) is 47.1 Å². The number of halogens is 2. The Morgan fingerprint density at radius 2 is 1.84 bits per heavy atom. The second kappa shape index (κ2) is 11.6. The van der Waals surface area contributed by atoms with Crippen molar-refractivity contribution >= 4 is 41.5 Å². The molecule has 4 rings (SSSR count). The lowest BCUT2D eigenvalue weighted by atomic mass is 10.2. The smallest absolute Gasteiger partial charge is 0.246 e. The molecular formula is C22H22ClIN6O2. The zero-order valence-corrected chi connectivity index (χ0v) is 20.4. The second-order valence-electron chi connectivity index (χ2n) is 6.58. The maximum atomic E-state index is 6.03. The van der Waals surface area contributed by atoms with Crippen LogP contribution in [0.5, 0.6) is 0 Å². The van der Waals surface area contributed by atoms with E-state index in [1.54, 1.807) is 18.4 Å². The quantitative estimate of drug-likeness (QED) is 0.187. The van der Waals surface area contributed by atoms with E-state index >= 15 is 0 Å². The minimum absolute atomic E-state index is 0. The molecule has 0 radical (unpaired) electrons. The Labute approximate surface area is 207 Å². The van der Waals surface area contributed by atoms with Crippen LogP contribution < -0.4 is 10.6 Å². The van der Waals surface area contributed by atoms with Gasteiger partial charge in [-0.15, -0.1) is 24.0 Å². The van der Waals surface area contributed by atoms with Crippen molar-refractivity contribution in [2.75, 3.05) is 6.54 Å². The predicted molar refractivity (Wildman–Crippen MR) is 134 cm³/mol. The summed E-state index contributed by atoms with van der Waals surface area (Å²) in [7, 11) is 0. The van der Waals surface area contributed by atoms with Crippen LogP contribution in [0.4, 0.5) is 0 Å². The largest absolute Gasteiger partial charge is 0.444 e. The summed E-state index contributed by atoms with van der Waals surface area (Å²) >= 11 is 6.03. The van der Waals surface area contributed by atoms with Gasteiger partial charge in [-0.3, -0.25) is 0 Å². The molecule has 0 atom stereocenters. The maximum absolute atomic E-state index is 6.03. The highest BCUT2D eigenvalue weighted by atomic mass is 127. The SMILES string of the molecule is CCNC(=NCc1coc(-c2ccccc2)n1)NCc1nc(-c2cccc(Cl)c2)no1.I. The number of rotatable bonds is 7. The molecule has 0 spiro atoms. The Balaban J connectivity index is 0.00000289. The summed E-state index contributed by atoms with van der Waals surface area (Å²) in [6.07, 6.45) is 1.62. The average molecular weight is 565 g/mol. The van der Waals surface area contributed by atoms with Crippen LogP contribution in [0.1, 0.15) is 18.5 Å². The summed E-state index contributed by atoms with van der Waals surface area (Å²) in [5.74, 6) is 2.10. The highest BCUT2D eigenvalue weighted by Gasteiger charge is 2.10. The van der Waals surface area contributed by atoms with Crippen LogP contribution in [0.2, 0.25) is 5.02 Å². The van der Waals surface area contributed by atoms with Crippen LogP contribution in [-0.4, -0.2) is 27.6 Å². The fourth-order valence-electron chi connectivity index (χ4n) is 2.83. The molecule has 4 aromatic rings. The van der Waals surface area contributed by atoms with Gasteiger partial charge in [-0.25, -0.2) is 9.98 Å². The summed E-state index contributed by atoms with van der Waals surface area (Å²) in [4.78, 5) is 13.4. The van der Waals surface area contributed by atoms with E-state index in [4.69, 9.17) is 20.5 Å². The molecule has 0 unspecified atom stereocenters. The summed E-state index contributed by atoms with van der Waals surface area (Å²) in [6, 6.07) is 17.0. The molecule has 0 saturated carbocycles. The van der Waals surface area contributed by atoms with Crippen molar-refractivity contribution in [1.82, 2.24) is 25.8 Å². The van der Waals surface area contributed by atoms with Crippen LogP contribution in [0.25, 0.3) is 22.8 Å². The number of hydrogen-bond donors (Lipinski definition) is 2. The molecule has 0 aliphatic rings. The van der Waals surface area contributed by atoms with Crippen LogP contribution >= 0.6 is 35.6 Å². The average Bonchev–Trinajstić information content (AvgIpc) is 3.46. The molecule has 0 aliphatic heterocycles. The van der Waals surface area contributed by atoms with Gasteiger partial charge in [0, 0.05) is 22.7 Å². The van der Waals surface area contributed by atoms with Gasteiger partial charge in [0.2, 0.25) is 17.6 Å². The minimum Gasteiger partial charge on any atom is -0.444 e. The molecule has 2 aromatic heterocycles. The molecule has 0 saturated heterocycles. The number of benzene rings is 2. The predicted octanol–water partition coefficient (Wildman–Crippen LogP) is 4.92. The first-order valence-corrected chi connectivity index (χ1v) is 10.2. The highest BCUT2D eigenvalue weighted by Crippen LogP contribution is 2.20. The summed E-state index contributed by atoms with van der Waals surface area (Å²) in [5.41, 5.74) is 2.45. The fourth-order valence-corrected chi connectivity index (χ4v) is 3.02. The summed E-state index contributed by atoms with van der Waals surface area (Å²) in [5, 5.41) is 11.0. The highest BCUT2D eigenvalue weighted by molar-refractivity contribution is 14.0. The van der Waals surface area contributed by atoms with Gasteiger partial charge in [-0.2, -0.15) is 4.98 Å². The van der Waals surface area contributed by atoms with E-state index in [0.29, 0.717) is 48.2 Å². The van der Waals surface area contributed by atoms with E-state index in [0.717, 1.165) is 16.8 Å². The topological polar surface area (TPSA) is 101 Å². The van der Waals surface area contributed by atoms with E-state index in [-0.39, 0.29) is 24.0 Å². The molecular weight excluding hydrogens is 543 g/mol. The zero-order valence-electron chi connectivity index (χ0n) is 17.3. The van der Waals surface area contributed by atoms with Gasteiger partial charge in [0.05, 0.1) is 13.1 Å². The van der Waals surface area contributed by atoms with E-state index in [9.17, 15) is 0 Å². The van der Waals surface area contributed by atoms with E-state index in [1.807, 2.05) is 49.4 Å². The molecule has 0 fully saturated rings. The van der Waals surface area contributed by atoms with Crippen molar-refractivity contribution in [2.24, 2.45) is 4.99 Å². The van der Waals surface area contributed by atoms with Crippen LogP contribution in [0.15, 0.2) is 74.8 Å². The lowest BCUT2D eigenvalue weighted by Crippen LogP contribution is -2.36. The van der Waals surface area contributed by atoms with Crippen LogP contribution in [-0.2, 0) is 13.1 Å². The third kappa shape index (κ3) is 6.30. The minimum atomic E-state index is 0. The molecule has 0 bridgehead atoms. The molecule has 32 heavy (non-hydrogen) atoms. The third-order valence-corrected chi connectivity index (χ3v) is 4.51. The van der Waals surface area contributed by atoms with Gasteiger partial charge in [0.1, 0.15) is 12.0 Å². The monoisotopic (exact) mass is 564 g/mol. The normalized spacial score (nSPS) is 11.1. The molecule has 166 valence electrons. The van der Waals surface area contributed by atoms with Crippen molar-refractivity contribution < 1.29 is 8.94 Å². The Bertz CT molecular complexity index is 1160. The van der Waals surface area contributed by atoms with Gasteiger partial charge in [-0.05, 0) is 31.2 Å². The van der Waals surface area contributed by atoms with E-state index in [1.165, 1.54) is 0 Å². The Morgan fingerprint density at radius 1 is 1.03 bits per heavy atom. The summed E-state index contributed by atoms with van der Waals surface area (Å²) < 4.78 is 10.9. The number of nitrogens with one attached hydrogen (secondary N) is 2. The number of hydrogen-bond acceptors (Lipinski definition) is 6. The van der Waals surface area contributed by atoms with Gasteiger partial charge in [0.15, 0.2) is 5.96 Å². The van der Waals surface area contributed by atoms with E-state index < -0.39 is 0 Å². The first-order chi connectivity index (χ1) is 15.2. The Hall–Kier alpha value is -2.92. The second-order valence-corrected chi connectivity index (χ2v) is 7.02. The lowest BCUT2D eigenvalue weighted by molar-refractivity contribution is 0.375. The Morgan fingerprint density at radius 3 is 2.62 bits per heavy atom. The van der Waals surface area contributed by atoms with Crippen molar-refractivity contribution in [3.8, 4) is 22.8 Å². The first kappa shape index (κ1) is 23.7. The number of guanidine groups is 1. The molecule has 0 aliphatic carbocycles. The van der Waals surface area contributed by atoms with Crippen molar-refractivity contribution in [2.45, 2.75) is 20.0 Å². The Kier molecular flexibility index (Phi) is 8.63. The molecule has 2 heterocycles. The fraction of sp³-hybridized carbons (Fsp3) is 0.182. The number of aliphatic imine (C=N–C) groups is 1. The maximum Gasteiger partial charge on any atom is 0.246 e. The van der Waals surface area contributed by atoms with Crippen LogP contribution in [0, 0.1) is 0 Å². The van der Waals surface area contributed by atoms with Crippen molar-refractivity contribution in [3.63, 3.8) is 0 Å². The zero-order chi connectivity index (χ0) is 21.5. The third-order valence-electron chi connectivity index (χ3n) is 4.27. The number of oxazole rings is 1.